The van der Waals surface area contributed by atoms with E-state index >= 15 is 0 Å². The van der Waals surface area contributed by atoms with Crippen LogP contribution in [0.3, 0.4) is 0 Å². The van der Waals surface area contributed by atoms with Gasteiger partial charge in [0, 0.05) is 27.1 Å². The highest BCUT2D eigenvalue weighted by atomic mass is 127. The third-order valence-corrected chi connectivity index (χ3v) is 7.41. The van der Waals surface area contributed by atoms with Crippen LogP contribution in [0.5, 0.6) is 0 Å². The fourth-order valence-corrected chi connectivity index (χ4v) is 4.88. The molecule has 0 heterocycles. The Labute approximate surface area is 245 Å². The molecule has 0 unspecified atom stereocenters. The van der Waals surface area contributed by atoms with Gasteiger partial charge in [0.1, 0.15) is 0 Å². The minimum Gasteiger partial charge on any atom is -0.368 e. The van der Waals surface area contributed by atoms with E-state index in [1.165, 1.54) is 23.6 Å². The van der Waals surface area contributed by atoms with Crippen LogP contribution in [0, 0.1) is 3.57 Å². The molecule has 0 saturated carbocycles. The zero-order valence-electron chi connectivity index (χ0n) is 21.0. The normalized spacial score (nSPS) is 10.8. The molecular formula is C31H28BrIN2O3. The molecule has 0 aliphatic rings. The summed E-state index contributed by atoms with van der Waals surface area (Å²) in [5.41, 5.74) is 6.04. The van der Waals surface area contributed by atoms with Gasteiger partial charge < -0.3 is 10.2 Å². The van der Waals surface area contributed by atoms with E-state index in [0.29, 0.717) is 25.2 Å². The van der Waals surface area contributed by atoms with Gasteiger partial charge in [-0.25, -0.2) is 0 Å². The molecule has 4 aromatic rings. The quantitative estimate of drug-likeness (QED) is 0.142. The van der Waals surface area contributed by atoms with Crippen molar-refractivity contribution in [1.82, 2.24) is 10.4 Å². The maximum absolute atomic E-state index is 12.8. The summed E-state index contributed by atoms with van der Waals surface area (Å²) in [6, 6.07) is 32.2. The lowest BCUT2D eigenvalue weighted by Gasteiger charge is -2.21. The zero-order chi connectivity index (χ0) is 26.9. The fraction of sp³-hybridized carbons (Fsp3) is 0.161. The summed E-state index contributed by atoms with van der Waals surface area (Å²) >= 11 is 5.85. The third-order valence-electron chi connectivity index (χ3n) is 5.95. The maximum atomic E-state index is 12.8. The molecule has 7 heteroatoms. The van der Waals surface area contributed by atoms with Gasteiger partial charge in [0.15, 0.2) is 0 Å². The number of nitrogens with zero attached hydrogens (tertiary/aromatic N) is 1. The average molecular weight is 683 g/mol. The molecule has 4 aromatic carbocycles. The molecule has 4 rings (SSSR count). The number of amides is 1. The van der Waals surface area contributed by atoms with Crippen LogP contribution in [0.4, 0.5) is 0 Å². The molecular weight excluding hydrogens is 655 g/mol. The molecule has 0 fully saturated rings. The molecule has 0 saturated heterocycles. The van der Waals surface area contributed by atoms with Crippen molar-refractivity contribution in [1.29, 1.82) is 0 Å². The lowest BCUT2D eigenvalue weighted by molar-refractivity contribution is -0.194. The number of halogens is 2. The fourth-order valence-electron chi connectivity index (χ4n) is 4.02. The van der Waals surface area contributed by atoms with Crippen LogP contribution in [0.15, 0.2) is 102 Å². The van der Waals surface area contributed by atoms with Gasteiger partial charge in [0.05, 0.1) is 13.1 Å². The third kappa shape index (κ3) is 8.24. The first-order valence-electron chi connectivity index (χ1n) is 12.3. The second kappa shape index (κ2) is 13.7. The Bertz CT molecular complexity index is 1380. The summed E-state index contributed by atoms with van der Waals surface area (Å²) in [5.74, 6) is -0.508. The van der Waals surface area contributed by atoms with E-state index in [1.54, 1.807) is 17.2 Å². The van der Waals surface area contributed by atoms with Gasteiger partial charge in [-0.2, -0.15) is 0 Å². The van der Waals surface area contributed by atoms with Gasteiger partial charge in [-0.3, -0.25) is 9.59 Å². The number of nitrogens with one attached hydrogen (secondary N) is 1. The minimum atomic E-state index is -0.377. The molecule has 0 aliphatic carbocycles. The molecule has 1 N–H and O–H groups in total. The Balaban J connectivity index is 1.32. The van der Waals surface area contributed by atoms with Gasteiger partial charge in [-0.05, 0) is 81.1 Å². The van der Waals surface area contributed by atoms with Crippen LogP contribution in [0.2, 0.25) is 0 Å². The number of hydrogen-bond donors (Lipinski definition) is 1. The van der Waals surface area contributed by atoms with Gasteiger partial charge >= 0.3 is 5.97 Å². The summed E-state index contributed by atoms with van der Waals surface area (Å²) in [5, 5.41) is 4.62. The molecule has 38 heavy (non-hydrogen) atoms. The lowest BCUT2D eigenvalue weighted by Crippen LogP contribution is -2.27. The first kappa shape index (κ1) is 28.0. The first-order chi connectivity index (χ1) is 18.4. The highest BCUT2D eigenvalue weighted by Crippen LogP contribution is 2.22. The number of hydrogen-bond acceptors (Lipinski definition) is 4. The molecule has 0 spiro atoms. The van der Waals surface area contributed by atoms with E-state index in [4.69, 9.17) is 4.84 Å². The standard InChI is InChI=1S/C31H28BrIN2O3/c1-22(36)38-35(20-24-9-15-29(33)16-10-24)21-28-14-13-27(19-30(28)32)31(37)34-18-17-23-7-11-26(12-8-23)25-5-3-2-4-6-25/h2-16,19H,17-18,20-21H2,1H3,(H,34,37). The second-order valence-electron chi connectivity index (χ2n) is 8.88. The maximum Gasteiger partial charge on any atom is 0.322 e. The van der Waals surface area contributed by atoms with E-state index in [-0.39, 0.29) is 11.9 Å². The van der Waals surface area contributed by atoms with Crippen molar-refractivity contribution < 1.29 is 14.4 Å². The van der Waals surface area contributed by atoms with E-state index in [2.05, 4.69) is 80.2 Å². The number of benzene rings is 4. The molecule has 1 amide bonds. The van der Waals surface area contributed by atoms with Crippen LogP contribution >= 0.6 is 38.5 Å². The predicted molar refractivity (Wildman–Crippen MR) is 162 cm³/mol. The van der Waals surface area contributed by atoms with Gasteiger partial charge in [0.25, 0.3) is 5.91 Å². The Morgan fingerprint density at radius 1 is 0.842 bits per heavy atom. The smallest absolute Gasteiger partial charge is 0.322 e. The monoisotopic (exact) mass is 682 g/mol. The van der Waals surface area contributed by atoms with Gasteiger partial charge in [-0.15, -0.1) is 5.06 Å². The Kier molecular flexibility index (Phi) is 10.1. The molecule has 194 valence electrons. The molecule has 0 atom stereocenters. The number of carbonyl (C=O) groups is 2. The minimum absolute atomic E-state index is 0.131. The number of rotatable bonds is 10. The summed E-state index contributed by atoms with van der Waals surface area (Å²) < 4.78 is 1.92. The summed E-state index contributed by atoms with van der Waals surface area (Å²) in [6.45, 7) is 2.77. The zero-order valence-corrected chi connectivity index (χ0v) is 24.7. The first-order valence-corrected chi connectivity index (χ1v) is 14.1. The van der Waals surface area contributed by atoms with Crippen LogP contribution in [0.1, 0.15) is 34.0 Å². The lowest BCUT2D eigenvalue weighted by atomic mass is 10.0. The molecule has 0 aromatic heterocycles. The van der Waals surface area contributed by atoms with Crippen LogP contribution in [-0.2, 0) is 29.1 Å². The van der Waals surface area contributed by atoms with E-state index in [0.717, 1.165) is 25.6 Å². The van der Waals surface area contributed by atoms with Crippen molar-refractivity contribution in [3.8, 4) is 11.1 Å². The molecule has 0 bridgehead atoms. The second-order valence-corrected chi connectivity index (χ2v) is 11.0. The number of hydroxylamine groups is 2. The van der Waals surface area contributed by atoms with Crippen LogP contribution in [-0.4, -0.2) is 23.5 Å². The highest BCUT2D eigenvalue weighted by molar-refractivity contribution is 14.1. The predicted octanol–water partition coefficient (Wildman–Crippen LogP) is 7.17. The van der Waals surface area contributed by atoms with Crippen molar-refractivity contribution in [2.24, 2.45) is 0 Å². The van der Waals surface area contributed by atoms with Crippen molar-refractivity contribution in [2.75, 3.05) is 6.54 Å². The summed E-state index contributed by atoms with van der Waals surface area (Å²) in [7, 11) is 0. The van der Waals surface area contributed by atoms with Crippen molar-refractivity contribution in [3.05, 3.63) is 127 Å². The molecule has 5 nitrogen and oxygen atoms in total. The Morgan fingerprint density at radius 2 is 1.50 bits per heavy atom. The summed E-state index contributed by atoms with van der Waals surface area (Å²) in [4.78, 5) is 29.9. The van der Waals surface area contributed by atoms with Crippen molar-refractivity contribution in [2.45, 2.75) is 26.4 Å². The van der Waals surface area contributed by atoms with E-state index in [9.17, 15) is 9.59 Å². The van der Waals surface area contributed by atoms with E-state index < -0.39 is 0 Å². The Morgan fingerprint density at radius 3 is 2.16 bits per heavy atom. The highest BCUT2D eigenvalue weighted by Gasteiger charge is 2.15. The number of carbonyl (C=O) groups excluding carboxylic acids is 2. The van der Waals surface area contributed by atoms with Crippen molar-refractivity contribution >= 4 is 50.4 Å². The molecule has 0 aliphatic heterocycles. The topological polar surface area (TPSA) is 58.6 Å². The molecule has 0 radical (unpaired) electrons. The average Bonchev–Trinajstić information content (AvgIpc) is 2.91. The van der Waals surface area contributed by atoms with E-state index in [1.807, 2.05) is 48.5 Å². The van der Waals surface area contributed by atoms with Gasteiger partial charge in [-0.1, -0.05) is 88.7 Å². The largest absolute Gasteiger partial charge is 0.368 e. The van der Waals surface area contributed by atoms with Gasteiger partial charge in [0.2, 0.25) is 0 Å². The van der Waals surface area contributed by atoms with Crippen LogP contribution < -0.4 is 5.32 Å². The summed E-state index contributed by atoms with van der Waals surface area (Å²) in [6.07, 6.45) is 0.746. The van der Waals surface area contributed by atoms with Crippen molar-refractivity contribution in [3.63, 3.8) is 0 Å². The Hall–Kier alpha value is -3.01. The SMILES string of the molecule is CC(=O)ON(Cc1ccc(I)cc1)Cc1ccc(C(=O)NCCc2ccc(-c3ccccc3)cc2)cc1Br. The van der Waals surface area contributed by atoms with Crippen LogP contribution in [0.25, 0.3) is 11.1 Å².